The van der Waals surface area contributed by atoms with E-state index >= 15 is 0 Å². The van der Waals surface area contributed by atoms with Crippen molar-refractivity contribution in [1.82, 2.24) is 0 Å². The Balaban J connectivity index is 1.49. The van der Waals surface area contributed by atoms with Crippen LogP contribution >= 0.6 is 0 Å². The van der Waals surface area contributed by atoms with Crippen LogP contribution in [0, 0.1) is 18.8 Å². The number of anilines is 2. The first-order valence-corrected chi connectivity index (χ1v) is 15.0. The molecule has 3 aromatic carbocycles. The molecule has 4 aliphatic rings. The van der Waals surface area contributed by atoms with E-state index in [-0.39, 0.29) is 11.6 Å². The molecule has 2 saturated carbocycles. The predicted octanol–water partition coefficient (Wildman–Crippen LogP) is 8.80. The summed E-state index contributed by atoms with van der Waals surface area (Å²) in [5.74, 6) is 1.58. The minimum atomic E-state index is 0.218. The molecule has 4 atom stereocenters. The van der Waals surface area contributed by atoms with Gasteiger partial charge in [-0.05, 0) is 80.2 Å². The molecule has 2 aliphatic heterocycles. The molecule has 2 heterocycles. The molecule has 3 aromatic rings. The van der Waals surface area contributed by atoms with Crippen LogP contribution in [-0.2, 0) is 5.41 Å². The van der Waals surface area contributed by atoms with E-state index in [0.29, 0.717) is 12.1 Å². The topological polar surface area (TPSA) is 6.48 Å². The number of benzene rings is 3. The second-order valence-corrected chi connectivity index (χ2v) is 12.3. The van der Waals surface area contributed by atoms with Gasteiger partial charge in [0.2, 0.25) is 0 Å². The minimum Gasteiger partial charge on any atom is -0.342 e. The Morgan fingerprint density at radius 2 is 1.19 bits per heavy atom. The van der Waals surface area contributed by atoms with Crippen LogP contribution in [0.1, 0.15) is 87.6 Å². The largest absolute Gasteiger partial charge is 0.342 e. The van der Waals surface area contributed by atoms with Gasteiger partial charge in [0.1, 0.15) is 6.17 Å². The SMILES string of the molecule is Cc1ccccc1N1C(c2ccccc2)N2c3ccccc3C(C3CCCCC3)(C3CCCC3)C2[C@@H]1C. The van der Waals surface area contributed by atoms with Crippen LogP contribution in [0.4, 0.5) is 11.4 Å². The third-order valence-corrected chi connectivity index (χ3v) is 10.7. The average Bonchev–Trinajstić information content (AvgIpc) is 3.65. The summed E-state index contributed by atoms with van der Waals surface area (Å²) in [6.07, 6.45) is 12.9. The van der Waals surface area contributed by atoms with Crippen LogP contribution in [0.25, 0.3) is 0 Å². The lowest BCUT2D eigenvalue weighted by molar-refractivity contribution is 0.106. The molecule has 0 aromatic heterocycles. The highest BCUT2D eigenvalue weighted by atomic mass is 15.5. The number of nitrogens with zero attached hydrogens (tertiary/aromatic N) is 2. The van der Waals surface area contributed by atoms with Gasteiger partial charge in [0.15, 0.2) is 0 Å². The number of hydrogen-bond acceptors (Lipinski definition) is 2. The molecule has 1 saturated heterocycles. The molecule has 0 radical (unpaired) electrons. The van der Waals surface area contributed by atoms with Gasteiger partial charge in [0.25, 0.3) is 0 Å². The minimum absolute atomic E-state index is 0.218. The smallest absolute Gasteiger partial charge is 0.129 e. The Morgan fingerprint density at radius 3 is 1.86 bits per heavy atom. The fourth-order valence-corrected chi connectivity index (χ4v) is 9.42. The van der Waals surface area contributed by atoms with Crippen molar-refractivity contribution < 1.29 is 0 Å². The molecule has 3 unspecified atom stereocenters. The monoisotopic (exact) mass is 490 g/mol. The van der Waals surface area contributed by atoms with Gasteiger partial charge in [-0.3, -0.25) is 0 Å². The normalized spacial score (nSPS) is 30.1. The summed E-state index contributed by atoms with van der Waals surface area (Å²) in [6.45, 7) is 4.86. The van der Waals surface area contributed by atoms with Crippen molar-refractivity contribution in [2.24, 2.45) is 11.8 Å². The van der Waals surface area contributed by atoms with Gasteiger partial charge < -0.3 is 9.80 Å². The van der Waals surface area contributed by atoms with E-state index in [1.165, 1.54) is 80.3 Å². The molecule has 0 N–H and O–H groups in total. The molecular weight excluding hydrogens is 448 g/mol. The van der Waals surface area contributed by atoms with Crippen molar-refractivity contribution in [3.05, 3.63) is 95.6 Å². The number of hydrogen-bond donors (Lipinski definition) is 0. The summed E-state index contributed by atoms with van der Waals surface area (Å²) in [7, 11) is 0. The van der Waals surface area contributed by atoms with E-state index < -0.39 is 0 Å². The molecule has 2 heteroatoms. The van der Waals surface area contributed by atoms with Crippen molar-refractivity contribution >= 4 is 11.4 Å². The summed E-state index contributed by atoms with van der Waals surface area (Å²) in [5.41, 5.74) is 7.66. The zero-order chi connectivity index (χ0) is 25.0. The van der Waals surface area contributed by atoms with Crippen molar-refractivity contribution in [1.29, 1.82) is 0 Å². The lowest BCUT2D eigenvalue weighted by Crippen LogP contribution is -2.56. The fraction of sp³-hybridized carbons (Fsp3) is 0.486. The number of aryl methyl sites for hydroxylation is 1. The molecule has 2 nitrogen and oxygen atoms in total. The van der Waals surface area contributed by atoms with Crippen LogP contribution in [0.2, 0.25) is 0 Å². The Bertz CT molecular complexity index is 1240. The van der Waals surface area contributed by atoms with E-state index in [1.54, 1.807) is 5.56 Å². The maximum atomic E-state index is 2.91. The van der Waals surface area contributed by atoms with Crippen LogP contribution in [-0.4, -0.2) is 12.1 Å². The van der Waals surface area contributed by atoms with Gasteiger partial charge in [-0.15, -0.1) is 0 Å². The highest BCUT2D eigenvalue weighted by Crippen LogP contribution is 2.65. The molecule has 7 rings (SSSR count). The molecule has 37 heavy (non-hydrogen) atoms. The summed E-state index contributed by atoms with van der Waals surface area (Å²) in [4.78, 5) is 5.71. The van der Waals surface area contributed by atoms with Crippen molar-refractivity contribution in [3.8, 4) is 0 Å². The Kier molecular flexibility index (Phi) is 5.83. The van der Waals surface area contributed by atoms with Gasteiger partial charge >= 0.3 is 0 Å². The lowest BCUT2D eigenvalue weighted by atomic mass is 9.55. The summed E-state index contributed by atoms with van der Waals surface area (Å²) >= 11 is 0. The zero-order valence-electron chi connectivity index (χ0n) is 22.7. The second kappa shape index (κ2) is 9.22. The van der Waals surface area contributed by atoms with Gasteiger partial charge in [-0.25, -0.2) is 0 Å². The maximum absolute atomic E-state index is 2.91. The number of rotatable bonds is 4. The van der Waals surface area contributed by atoms with Gasteiger partial charge in [-0.1, -0.05) is 98.8 Å². The predicted molar refractivity (Wildman–Crippen MR) is 155 cm³/mol. The fourth-order valence-electron chi connectivity index (χ4n) is 9.42. The van der Waals surface area contributed by atoms with Gasteiger partial charge in [0, 0.05) is 22.8 Å². The molecule has 192 valence electrons. The van der Waals surface area contributed by atoms with E-state index in [0.717, 1.165) is 11.8 Å². The Labute approximate surface area is 223 Å². The third-order valence-electron chi connectivity index (χ3n) is 10.7. The first-order valence-electron chi connectivity index (χ1n) is 15.0. The molecule has 0 amide bonds. The molecule has 3 fully saturated rings. The Hall–Kier alpha value is -2.74. The van der Waals surface area contributed by atoms with E-state index in [9.17, 15) is 0 Å². The highest BCUT2D eigenvalue weighted by molar-refractivity contribution is 5.73. The number of fused-ring (bicyclic) bond motifs is 3. The van der Waals surface area contributed by atoms with Crippen LogP contribution < -0.4 is 9.80 Å². The van der Waals surface area contributed by atoms with Crippen molar-refractivity contribution in [3.63, 3.8) is 0 Å². The highest BCUT2D eigenvalue weighted by Gasteiger charge is 2.65. The molecular formula is C35H42N2. The summed E-state index contributed by atoms with van der Waals surface area (Å²) in [6, 6.07) is 31.0. The van der Waals surface area contributed by atoms with E-state index in [1.807, 2.05) is 0 Å². The second-order valence-electron chi connectivity index (χ2n) is 12.3. The van der Waals surface area contributed by atoms with Gasteiger partial charge in [-0.2, -0.15) is 0 Å². The van der Waals surface area contributed by atoms with E-state index in [2.05, 4.69) is 103 Å². The molecule has 0 bridgehead atoms. The van der Waals surface area contributed by atoms with Crippen molar-refractivity contribution in [2.45, 2.75) is 95.3 Å². The van der Waals surface area contributed by atoms with Crippen LogP contribution in [0.15, 0.2) is 78.9 Å². The van der Waals surface area contributed by atoms with E-state index in [4.69, 9.17) is 0 Å². The average molecular weight is 491 g/mol. The first kappa shape index (κ1) is 23.4. The van der Waals surface area contributed by atoms with Crippen LogP contribution in [0.3, 0.4) is 0 Å². The Morgan fingerprint density at radius 1 is 0.622 bits per heavy atom. The van der Waals surface area contributed by atoms with Crippen molar-refractivity contribution in [2.75, 3.05) is 9.80 Å². The standard InChI is InChI=1S/C35H42N2/c1-25-15-9-13-23-31(25)36-26(2)33-35(29-20-10-11-21-29,28-18-7-4-8-19-28)30-22-12-14-24-32(30)37(33)34(36)27-16-5-3-6-17-27/h3,5-6,9,12-17,22-24,26,28-29,33-34H,4,7-8,10-11,18-21H2,1-2H3/t26-,33?,34?,35?/m0/s1. The van der Waals surface area contributed by atoms with Crippen LogP contribution in [0.5, 0.6) is 0 Å². The quantitative estimate of drug-likeness (QED) is 0.360. The lowest BCUT2D eigenvalue weighted by Gasteiger charge is -2.50. The maximum Gasteiger partial charge on any atom is 0.129 e. The molecule has 2 aliphatic carbocycles. The summed E-state index contributed by atoms with van der Waals surface area (Å²) < 4.78 is 0. The molecule has 0 spiro atoms. The first-order chi connectivity index (χ1) is 18.2. The zero-order valence-corrected chi connectivity index (χ0v) is 22.7. The third kappa shape index (κ3) is 3.37. The van der Waals surface area contributed by atoms with Gasteiger partial charge in [0.05, 0.1) is 6.04 Å². The summed E-state index contributed by atoms with van der Waals surface area (Å²) in [5, 5.41) is 0. The number of para-hydroxylation sites is 2.